The summed E-state index contributed by atoms with van der Waals surface area (Å²) in [5.74, 6) is 0. The van der Waals surface area contributed by atoms with Crippen LogP contribution in [0.4, 0.5) is 0 Å². The van der Waals surface area contributed by atoms with Gasteiger partial charge in [0.2, 0.25) is 0 Å². The molecule has 2 aromatic rings. The van der Waals surface area contributed by atoms with Gasteiger partial charge in [-0.05, 0) is 32.8 Å². The molecular weight excluding hydrogens is 198 g/mol. The molecule has 0 N–H and O–H groups in total. The first kappa shape index (κ1) is 10.9. The summed E-state index contributed by atoms with van der Waals surface area (Å²) < 4.78 is 2.06. The Hall–Kier alpha value is -1.64. The second kappa shape index (κ2) is 4.08. The highest BCUT2D eigenvalue weighted by molar-refractivity contribution is 5.63. The molecule has 0 amide bonds. The van der Waals surface area contributed by atoms with Crippen LogP contribution in [0.5, 0.6) is 0 Å². The number of aromatic nitrogens is 3. The van der Waals surface area contributed by atoms with Crippen molar-refractivity contribution in [3.05, 3.63) is 35.6 Å². The Morgan fingerprint density at radius 1 is 1.31 bits per heavy atom. The minimum absolute atomic E-state index is 0.949. The molecule has 84 valence electrons. The highest BCUT2D eigenvalue weighted by Crippen LogP contribution is 2.16. The number of nitrogens with zero attached hydrogens (tertiary/aromatic N) is 3. The van der Waals surface area contributed by atoms with E-state index in [1.807, 2.05) is 20.0 Å². The maximum atomic E-state index is 4.60. The summed E-state index contributed by atoms with van der Waals surface area (Å²) in [4.78, 5) is 9.02. The molecule has 0 atom stereocenters. The minimum Gasteiger partial charge on any atom is -0.303 e. The van der Waals surface area contributed by atoms with Crippen molar-refractivity contribution < 1.29 is 0 Å². The molecule has 2 rings (SSSR count). The lowest BCUT2D eigenvalue weighted by molar-refractivity contribution is 1.03. The Morgan fingerprint density at radius 2 is 2.06 bits per heavy atom. The molecule has 2 heterocycles. The molecule has 2 aromatic heterocycles. The minimum atomic E-state index is 0.949. The molecule has 0 saturated carbocycles. The average molecular weight is 215 g/mol. The maximum Gasteiger partial charge on any atom is 0.158 e. The number of allylic oxidation sites excluding steroid dienone is 2. The van der Waals surface area contributed by atoms with Gasteiger partial charge in [-0.2, -0.15) is 0 Å². The largest absolute Gasteiger partial charge is 0.303 e. The van der Waals surface area contributed by atoms with Crippen LogP contribution in [0.2, 0.25) is 0 Å². The van der Waals surface area contributed by atoms with E-state index in [9.17, 15) is 0 Å². The van der Waals surface area contributed by atoms with Gasteiger partial charge in [-0.15, -0.1) is 0 Å². The highest BCUT2D eigenvalue weighted by atomic mass is 15.0. The van der Waals surface area contributed by atoms with E-state index in [-0.39, 0.29) is 0 Å². The predicted molar refractivity (Wildman–Crippen MR) is 66.4 cm³/mol. The predicted octanol–water partition coefficient (Wildman–Crippen LogP) is 3.16. The van der Waals surface area contributed by atoms with E-state index in [0.717, 1.165) is 29.1 Å². The van der Waals surface area contributed by atoms with Crippen LogP contribution in [0.3, 0.4) is 0 Å². The first-order valence-electron chi connectivity index (χ1n) is 5.62. The van der Waals surface area contributed by atoms with E-state index in [2.05, 4.69) is 40.5 Å². The Balaban J connectivity index is 2.60. The van der Waals surface area contributed by atoms with Gasteiger partial charge >= 0.3 is 0 Å². The van der Waals surface area contributed by atoms with Gasteiger partial charge in [0.05, 0.1) is 17.1 Å². The first-order valence-corrected chi connectivity index (χ1v) is 5.62. The van der Waals surface area contributed by atoms with E-state index >= 15 is 0 Å². The zero-order valence-electron chi connectivity index (χ0n) is 10.3. The van der Waals surface area contributed by atoms with Gasteiger partial charge in [-0.25, -0.2) is 4.98 Å². The van der Waals surface area contributed by atoms with Crippen molar-refractivity contribution in [3.8, 4) is 0 Å². The van der Waals surface area contributed by atoms with Crippen LogP contribution in [-0.2, 0) is 0 Å². The zero-order chi connectivity index (χ0) is 11.7. The maximum absolute atomic E-state index is 4.60. The molecule has 0 bridgehead atoms. The molecule has 3 nitrogen and oxygen atoms in total. The van der Waals surface area contributed by atoms with Gasteiger partial charge in [0.25, 0.3) is 0 Å². The average Bonchev–Trinajstić information content (AvgIpc) is 2.62. The van der Waals surface area contributed by atoms with Crippen LogP contribution in [0.15, 0.2) is 18.5 Å². The number of fused-ring (bicyclic) bond motifs is 1. The van der Waals surface area contributed by atoms with E-state index < -0.39 is 0 Å². The fraction of sp³-hybridized carbons (Fsp3) is 0.385. The number of imidazole rings is 1. The van der Waals surface area contributed by atoms with Crippen molar-refractivity contribution >= 4 is 11.2 Å². The molecule has 0 spiro atoms. The van der Waals surface area contributed by atoms with Crippen molar-refractivity contribution in [3.63, 3.8) is 0 Å². The molecular formula is C13H17N3. The van der Waals surface area contributed by atoms with Crippen LogP contribution in [-0.4, -0.2) is 14.4 Å². The second-order valence-corrected chi connectivity index (χ2v) is 4.12. The summed E-state index contributed by atoms with van der Waals surface area (Å²) >= 11 is 0. The summed E-state index contributed by atoms with van der Waals surface area (Å²) in [5, 5.41) is 0. The van der Waals surface area contributed by atoms with Crippen LogP contribution in [0.1, 0.15) is 37.4 Å². The smallest absolute Gasteiger partial charge is 0.158 e. The molecule has 0 fully saturated rings. The van der Waals surface area contributed by atoms with Crippen molar-refractivity contribution in [2.45, 2.75) is 34.1 Å². The third kappa shape index (κ3) is 1.85. The number of aryl methyl sites for hydroxylation is 2. The van der Waals surface area contributed by atoms with Crippen LogP contribution < -0.4 is 0 Å². The van der Waals surface area contributed by atoms with Crippen molar-refractivity contribution in [2.24, 2.45) is 0 Å². The Morgan fingerprint density at radius 3 is 2.75 bits per heavy atom. The summed E-state index contributed by atoms with van der Waals surface area (Å²) in [6.07, 6.45) is 7.31. The molecule has 0 aromatic carbocycles. The summed E-state index contributed by atoms with van der Waals surface area (Å²) in [7, 11) is 0. The lowest BCUT2D eigenvalue weighted by Crippen LogP contribution is -1.93. The van der Waals surface area contributed by atoms with Gasteiger partial charge in [0.1, 0.15) is 0 Å². The van der Waals surface area contributed by atoms with Gasteiger partial charge in [-0.1, -0.05) is 13.0 Å². The van der Waals surface area contributed by atoms with Gasteiger partial charge < -0.3 is 4.40 Å². The third-order valence-electron chi connectivity index (χ3n) is 2.64. The molecule has 16 heavy (non-hydrogen) atoms. The van der Waals surface area contributed by atoms with Crippen LogP contribution in [0.25, 0.3) is 11.2 Å². The molecule has 0 saturated heterocycles. The van der Waals surface area contributed by atoms with E-state index in [4.69, 9.17) is 0 Å². The number of hydrogen-bond donors (Lipinski definition) is 0. The van der Waals surface area contributed by atoms with Crippen molar-refractivity contribution in [1.82, 2.24) is 14.4 Å². The van der Waals surface area contributed by atoms with E-state index in [1.165, 1.54) is 5.57 Å². The number of hydrogen-bond acceptors (Lipinski definition) is 2. The fourth-order valence-corrected chi connectivity index (χ4v) is 1.91. The van der Waals surface area contributed by atoms with E-state index in [1.54, 1.807) is 0 Å². The molecule has 0 unspecified atom stereocenters. The van der Waals surface area contributed by atoms with Crippen LogP contribution in [0, 0.1) is 13.8 Å². The summed E-state index contributed by atoms with van der Waals surface area (Å²) in [6.45, 7) is 8.23. The third-order valence-corrected chi connectivity index (χ3v) is 2.64. The van der Waals surface area contributed by atoms with E-state index in [0.29, 0.717) is 0 Å². The quantitative estimate of drug-likeness (QED) is 0.770. The lowest BCUT2D eigenvalue weighted by atomic mass is 10.2. The topological polar surface area (TPSA) is 30.2 Å². The zero-order valence-corrected chi connectivity index (χ0v) is 10.3. The summed E-state index contributed by atoms with van der Waals surface area (Å²) in [5.41, 5.74) is 5.21. The molecule has 0 aliphatic rings. The molecule has 0 radical (unpaired) electrons. The SMILES string of the molecule is CC/C=C(\C)c1cn2cc(C)nc(C)c2n1. The first-order chi connectivity index (χ1) is 7.61. The monoisotopic (exact) mass is 215 g/mol. The number of rotatable bonds is 2. The Labute approximate surface area is 95.9 Å². The standard InChI is InChI=1S/C13H17N3/c1-5-6-9(2)12-8-16-7-10(3)14-11(4)13(16)15-12/h6-8H,5H2,1-4H3/b9-6+. The van der Waals surface area contributed by atoms with Gasteiger partial charge in [0.15, 0.2) is 5.65 Å². The lowest BCUT2D eigenvalue weighted by Gasteiger charge is -1.98. The van der Waals surface area contributed by atoms with Crippen molar-refractivity contribution in [2.75, 3.05) is 0 Å². The molecule has 3 heteroatoms. The molecule has 0 aliphatic heterocycles. The van der Waals surface area contributed by atoms with Crippen molar-refractivity contribution in [1.29, 1.82) is 0 Å². The normalized spacial score (nSPS) is 12.4. The Bertz CT molecular complexity index is 550. The highest BCUT2D eigenvalue weighted by Gasteiger charge is 2.06. The van der Waals surface area contributed by atoms with Gasteiger partial charge in [0, 0.05) is 12.4 Å². The van der Waals surface area contributed by atoms with Crippen LogP contribution >= 0.6 is 0 Å². The Kier molecular flexibility index (Phi) is 2.77. The molecule has 0 aliphatic carbocycles. The fourth-order valence-electron chi connectivity index (χ4n) is 1.91. The second-order valence-electron chi connectivity index (χ2n) is 4.12. The van der Waals surface area contributed by atoms with Gasteiger partial charge in [-0.3, -0.25) is 4.98 Å². The summed E-state index contributed by atoms with van der Waals surface area (Å²) in [6, 6.07) is 0.